The minimum Gasteiger partial charge on any atom is -0.338 e. The Labute approximate surface area is 103 Å². The molecule has 1 aliphatic heterocycles. The highest BCUT2D eigenvalue weighted by Gasteiger charge is 2.33. The molecule has 0 saturated carbocycles. The van der Waals surface area contributed by atoms with Gasteiger partial charge in [-0.25, -0.2) is 0 Å². The molecule has 0 aromatic heterocycles. The summed E-state index contributed by atoms with van der Waals surface area (Å²) >= 11 is 1.95. The Morgan fingerprint density at radius 2 is 2.12 bits per heavy atom. The van der Waals surface area contributed by atoms with E-state index in [0.29, 0.717) is 23.8 Å². The van der Waals surface area contributed by atoms with Gasteiger partial charge in [-0.3, -0.25) is 4.79 Å². The van der Waals surface area contributed by atoms with Crippen LogP contribution in [0.2, 0.25) is 0 Å². The first kappa shape index (κ1) is 13.8. The van der Waals surface area contributed by atoms with Crippen LogP contribution >= 0.6 is 11.8 Å². The van der Waals surface area contributed by atoms with Gasteiger partial charge in [0.05, 0.1) is 5.92 Å². The number of hydrogen-bond acceptors (Lipinski definition) is 3. The van der Waals surface area contributed by atoms with Crippen LogP contribution in [0.15, 0.2) is 0 Å². The summed E-state index contributed by atoms with van der Waals surface area (Å²) in [6.07, 6.45) is 0. The zero-order chi connectivity index (χ0) is 12.3. The lowest BCUT2D eigenvalue weighted by Crippen LogP contribution is -2.52. The van der Waals surface area contributed by atoms with Crippen LogP contribution < -0.4 is 5.73 Å². The van der Waals surface area contributed by atoms with Gasteiger partial charge >= 0.3 is 0 Å². The monoisotopic (exact) mass is 244 g/mol. The minimum absolute atomic E-state index is 0.0160. The minimum atomic E-state index is -0.0160. The number of carbonyl (C=O) groups is 1. The predicted molar refractivity (Wildman–Crippen MR) is 70.5 cm³/mol. The Morgan fingerprint density at radius 3 is 2.62 bits per heavy atom. The van der Waals surface area contributed by atoms with E-state index in [2.05, 4.69) is 27.7 Å². The molecule has 3 atom stereocenters. The number of rotatable bonds is 3. The standard InChI is InChI=1S/C12H24N2OS/c1-8(2)11(7-13)12(15)14-5-6-16-10(4)9(14)3/h8-11H,5-7,13H2,1-4H3. The van der Waals surface area contributed by atoms with Crippen LogP contribution in [0, 0.1) is 11.8 Å². The second-order valence-electron chi connectivity index (χ2n) is 4.93. The van der Waals surface area contributed by atoms with E-state index in [0.717, 1.165) is 12.3 Å². The van der Waals surface area contributed by atoms with Crippen molar-refractivity contribution in [3.05, 3.63) is 0 Å². The lowest BCUT2D eigenvalue weighted by molar-refractivity contribution is -0.138. The Hall–Kier alpha value is -0.220. The van der Waals surface area contributed by atoms with Crippen LogP contribution in [0.4, 0.5) is 0 Å². The lowest BCUT2D eigenvalue weighted by atomic mass is 9.93. The molecule has 1 rings (SSSR count). The van der Waals surface area contributed by atoms with Crippen molar-refractivity contribution in [1.82, 2.24) is 4.90 Å². The maximum Gasteiger partial charge on any atom is 0.227 e. The molecule has 16 heavy (non-hydrogen) atoms. The molecule has 1 fully saturated rings. The molecule has 3 unspecified atom stereocenters. The molecule has 1 amide bonds. The van der Waals surface area contributed by atoms with Gasteiger partial charge in [-0.1, -0.05) is 20.8 Å². The predicted octanol–water partition coefficient (Wildman–Crippen LogP) is 1.57. The zero-order valence-electron chi connectivity index (χ0n) is 10.8. The lowest BCUT2D eigenvalue weighted by Gasteiger charge is -2.39. The van der Waals surface area contributed by atoms with E-state index in [9.17, 15) is 4.79 Å². The Bertz CT molecular complexity index is 245. The quantitative estimate of drug-likeness (QED) is 0.820. The van der Waals surface area contributed by atoms with Crippen LogP contribution in [-0.2, 0) is 4.79 Å². The van der Waals surface area contributed by atoms with Gasteiger partial charge < -0.3 is 10.6 Å². The number of nitrogens with zero attached hydrogens (tertiary/aromatic N) is 1. The van der Waals surface area contributed by atoms with Crippen molar-refractivity contribution in [2.75, 3.05) is 18.8 Å². The Kier molecular flexibility index (Phi) is 5.12. The first-order valence-electron chi connectivity index (χ1n) is 6.11. The van der Waals surface area contributed by atoms with E-state index in [1.54, 1.807) is 0 Å². The summed E-state index contributed by atoms with van der Waals surface area (Å²) in [6.45, 7) is 9.81. The van der Waals surface area contributed by atoms with Crippen molar-refractivity contribution < 1.29 is 4.79 Å². The van der Waals surface area contributed by atoms with Crippen molar-refractivity contribution in [1.29, 1.82) is 0 Å². The third kappa shape index (κ3) is 2.92. The number of nitrogens with two attached hydrogens (primary N) is 1. The van der Waals surface area contributed by atoms with Gasteiger partial charge in [-0.2, -0.15) is 11.8 Å². The van der Waals surface area contributed by atoms with Gasteiger partial charge in [0, 0.05) is 30.1 Å². The largest absolute Gasteiger partial charge is 0.338 e. The molecule has 0 radical (unpaired) electrons. The number of carbonyl (C=O) groups excluding carboxylic acids is 1. The van der Waals surface area contributed by atoms with Gasteiger partial charge in [0.25, 0.3) is 0 Å². The van der Waals surface area contributed by atoms with Crippen molar-refractivity contribution in [3.8, 4) is 0 Å². The van der Waals surface area contributed by atoms with Crippen LogP contribution in [-0.4, -0.2) is 40.9 Å². The number of amides is 1. The fourth-order valence-electron chi connectivity index (χ4n) is 2.12. The summed E-state index contributed by atoms with van der Waals surface area (Å²) < 4.78 is 0. The second-order valence-corrected chi connectivity index (χ2v) is 6.42. The molecule has 0 aromatic rings. The molecular weight excluding hydrogens is 220 g/mol. The van der Waals surface area contributed by atoms with Crippen molar-refractivity contribution in [2.24, 2.45) is 17.6 Å². The Balaban J connectivity index is 2.71. The van der Waals surface area contributed by atoms with Crippen molar-refractivity contribution >= 4 is 17.7 Å². The number of hydrogen-bond donors (Lipinski definition) is 1. The maximum absolute atomic E-state index is 12.4. The van der Waals surface area contributed by atoms with E-state index >= 15 is 0 Å². The summed E-state index contributed by atoms with van der Waals surface area (Å²) in [5, 5.41) is 0.531. The fraction of sp³-hybridized carbons (Fsp3) is 0.917. The van der Waals surface area contributed by atoms with Crippen molar-refractivity contribution in [3.63, 3.8) is 0 Å². The van der Waals surface area contributed by atoms with Gasteiger partial charge in [0.1, 0.15) is 0 Å². The molecule has 1 aliphatic rings. The molecule has 1 heterocycles. The first-order valence-corrected chi connectivity index (χ1v) is 7.16. The highest BCUT2D eigenvalue weighted by molar-refractivity contribution is 8.00. The molecule has 0 spiro atoms. The molecule has 1 saturated heterocycles. The van der Waals surface area contributed by atoms with Crippen LogP contribution in [0.3, 0.4) is 0 Å². The first-order chi connectivity index (χ1) is 7.49. The van der Waals surface area contributed by atoms with Crippen LogP contribution in [0.1, 0.15) is 27.7 Å². The van der Waals surface area contributed by atoms with Gasteiger partial charge in [-0.15, -0.1) is 0 Å². The van der Waals surface area contributed by atoms with E-state index < -0.39 is 0 Å². The summed E-state index contributed by atoms with van der Waals surface area (Å²) in [5.41, 5.74) is 5.71. The third-order valence-corrected chi connectivity index (χ3v) is 4.88. The van der Waals surface area contributed by atoms with E-state index in [-0.39, 0.29) is 11.8 Å². The van der Waals surface area contributed by atoms with Crippen LogP contribution in [0.5, 0.6) is 0 Å². The summed E-state index contributed by atoms with van der Waals surface area (Å²) in [7, 11) is 0. The fourth-order valence-corrected chi connectivity index (χ4v) is 3.21. The van der Waals surface area contributed by atoms with Crippen molar-refractivity contribution in [2.45, 2.75) is 39.0 Å². The van der Waals surface area contributed by atoms with E-state index in [1.165, 1.54) is 0 Å². The molecule has 3 nitrogen and oxygen atoms in total. The smallest absolute Gasteiger partial charge is 0.227 e. The highest BCUT2D eigenvalue weighted by Crippen LogP contribution is 2.26. The third-order valence-electron chi connectivity index (χ3n) is 3.54. The Morgan fingerprint density at radius 1 is 1.50 bits per heavy atom. The number of thioether (sulfide) groups is 1. The van der Waals surface area contributed by atoms with E-state index in [1.807, 2.05) is 16.7 Å². The average molecular weight is 244 g/mol. The molecule has 0 bridgehead atoms. The molecule has 4 heteroatoms. The van der Waals surface area contributed by atoms with Gasteiger partial charge in [0.2, 0.25) is 5.91 Å². The average Bonchev–Trinajstić information content (AvgIpc) is 2.22. The zero-order valence-corrected chi connectivity index (χ0v) is 11.6. The maximum atomic E-state index is 12.4. The topological polar surface area (TPSA) is 46.3 Å². The summed E-state index contributed by atoms with van der Waals surface area (Å²) in [6, 6.07) is 0.332. The van der Waals surface area contributed by atoms with Gasteiger partial charge in [0.15, 0.2) is 0 Å². The highest BCUT2D eigenvalue weighted by atomic mass is 32.2. The molecule has 94 valence electrons. The molecule has 0 aromatic carbocycles. The second kappa shape index (κ2) is 5.92. The normalized spacial score (nSPS) is 28.2. The summed E-state index contributed by atoms with van der Waals surface area (Å²) in [5.74, 6) is 1.61. The van der Waals surface area contributed by atoms with E-state index in [4.69, 9.17) is 5.73 Å². The molecular formula is C12H24N2OS. The van der Waals surface area contributed by atoms with Crippen LogP contribution in [0.25, 0.3) is 0 Å². The molecule has 0 aliphatic carbocycles. The molecule has 2 N–H and O–H groups in total. The SMILES string of the molecule is CC(C)C(CN)C(=O)N1CCSC(C)C1C. The summed E-state index contributed by atoms with van der Waals surface area (Å²) in [4.78, 5) is 14.4. The van der Waals surface area contributed by atoms with Gasteiger partial charge in [-0.05, 0) is 12.8 Å².